The van der Waals surface area contributed by atoms with E-state index >= 15 is 0 Å². The van der Waals surface area contributed by atoms with Crippen LogP contribution >= 0.6 is 31.9 Å². The number of hydrogen-bond acceptors (Lipinski definition) is 2. The predicted octanol–water partition coefficient (Wildman–Crippen LogP) is 4.47. The first-order chi connectivity index (χ1) is 8.97. The highest BCUT2D eigenvalue weighted by molar-refractivity contribution is 9.10. The lowest BCUT2D eigenvalue weighted by Gasteiger charge is -2.15. The summed E-state index contributed by atoms with van der Waals surface area (Å²) >= 11 is 7.01. The van der Waals surface area contributed by atoms with E-state index in [1.54, 1.807) is 6.20 Å². The molecule has 2 aromatic rings. The van der Waals surface area contributed by atoms with Gasteiger partial charge in [0.25, 0.3) is 0 Å². The zero-order valence-corrected chi connectivity index (χ0v) is 14.1. The molecule has 0 bridgehead atoms. The van der Waals surface area contributed by atoms with Gasteiger partial charge in [0, 0.05) is 27.4 Å². The minimum atomic E-state index is -0.0124. The fourth-order valence-corrected chi connectivity index (χ4v) is 2.77. The van der Waals surface area contributed by atoms with Crippen molar-refractivity contribution >= 4 is 31.9 Å². The summed E-state index contributed by atoms with van der Waals surface area (Å²) in [5, 5.41) is 0. The first-order valence-electron chi connectivity index (χ1n) is 6.09. The van der Waals surface area contributed by atoms with Crippen LogP contribution in [0.15, 0.2) is 39.5 Å². The Bertz CT molecular complexity index is 573. The fourth-order valence-electron chi connectivity index (χ4n) is 2.13. The zero-order chi connectivity index (χ0) is 14.0. The number of nitrogens with zero attached hydrogens (tertiary/aromatic N) is 1. The van der Waals surface area contributed by atoms with Crippen molar-refractivity contribution in [2.24, 2.45) is 5.73 Å². The summed E-state index contributed by atoms with van der Waals surface area (Å²) in [4.78, 5) is 4.17. The van der Waals surface area contributed by atoms with E-state index < -0.39 is 0 Å². The van der Waals surface area contributed by atoms with Crippen molar-refractivity contribution < 1.29 is 0 Å². The van der Waals surface area contributed by atoms with E-state index in [1.807, 2.05) is 6.20 Å². The van der Waals surface area contributed by atoms with Gasteiger partial charge in [-0.15, -0.1) is 0 Å². The number of aromatic nitrogens is 1. The lowest BCUT2D eigenvalue weighted by Crippen LogP contribution is -2.14. The van der Waals surface area contributed by atoms with Gasteiger partial charge in [-0.1, -0.05) is 28.1 Å². The Morgan fingerprint density at radius 3 is 2.32 bits per heavy atom. The minimum Gasteiger partial charge on any atom is -0.324 e. The van der Waals surface area contributed by atoms with Crippen LogP contribution in [0.2, 0.25) is 0 Å². The quantitative estimate of drug-likeness (QED) is 0.849. The third-order valence-electron chi connectivity index (χ3n) is 3.10. The molecule has 0 amide bonds. The Kier molecular flexibility index (Phi) is 4.76. The van der Waals surface area contributed by atoms with Gasteiger partial charge in [-0.3, -0.25) is 4.98 Å². The monoisotopic (exact) mass is 382 g/mol. The average Bonchev–Trinajstić information content (AvgIpc) is 2.35. The highest BCUT2D eigenvalue weighted by Gasteiger charge is 2.11. The Hall–Kier alpha value is -0.710. The predicted molar refractivity (Wildman–Crippen MR) is 86.2 cm³/mol. The second-order valence-corrected chi connectivity index (χ2v) is 6.50. The molecule has 0 radical (unpaired) electrons. The molecule has 0 spiro atoms. The molecule has 4 heteroatoms. The molecule has 2 nitrogen and oxygen atoms in total. The summed E-state index contributed by atoms with van der Waals surface area (Å²) in [6.45, 7) is 4.18. The van der Waals surface area contributed by atoms with E-state index in [0.717, 1.165) is 26.5 Å². The second-order valence-electron chi connectivity index (χ2n) is 4.79. The summed E-state index contributed by atoms with van der Waals surface area (Å²) in [7, 11) is 0. The second kappa shape index (κ2) is 6.16. The maximum absolute atomic E-state index is 6.31. The van der Waals surface area contributed by atoms with Crippen molar-refractivity contribution in [1.29, 1.82) is 0 Å². The molecule has 0 aliphatic rings. The average molecular weight is 384 g/mol. The molecule has 2 N–H and O–H groups in total. The number of nitrogens with two attached hydrogens (primary N) is 1. The third kappa shape index (κ3) is 3.65. The molecular formula is C15H16Br2N2. The zero-order valence-electron chi connectivity index (χ0n) is 11.0. The highest BCUT2D eigenvalue weighted by Crippen LogP contribution is 2.26. The molecule has 1 atom stereocenters. The standard InChI is InChI=1S/C15H16Br2N2/c1-9-3-12(4-10(2)15(9)17)14(18)6-11-5-13(16)8-19-7-11/h3-5,7-8,14H,6,18H2,1-2H3. The van der Waals surface area contributed by atoms with Gasteiger partial charge < -0.3 is 5.73 Å². The molecule has 0 saturated carbocycles. The van der Waals surface area contributed by atoms with Crippen LogP contribution in [0.4, 0.5) is 0 Å². The van der Waals surface area contributed by atoms with Gasteiger partial charge >= 0.3 is 0 Å². The molecule has 0 aliphatic heterocycles. The van der Waals surface area contributed by atoms with Crippen LogP contribution in [0.5, 0.6) is 0 Å². The maximum Gasteiger partial charge on any atom is 0.0410 e. The Morgan fingerprint density at radius 1 is 1.11 bits per heavy atom. The largest absolute Gasteiger partial charge is 0.324 e. The van der Waals surface area contributed by atoms with Gasteiger partial charge in [0.2, 0.25) is 0 Å². The SMILES string of the molecule is Cc1cc(C(N)Cc2cncc(Br)c2)cc(C)c1Br. The smallest absolute Gasteiger partial charge is 0.0410 e. The highest BCUT2D eigenvalue weighted by atomic mass is 79.9. The molecule has 0 saturated heterocycles. The first kappa shape index (κ1) is 14.7. The van der Waals surface area contributed by atoms with Crippen LogP contribution in [0.1, 0.15) is 28.3 Å². The van der Waals surface area contributed by atoms with Crippen molar-refractivity contribution in [1.82, 2.24) is 4.98 Å². The van der Waals surface area contributed by atoms with Crippen molar-refractivity contribution in [3.63, 3.8) is 0 Å². The topological polar surface area (TPSA) is 38.9 Å². The Balaban J connectivity index is 2.23. The fraction of sp³-hybridized carbons (Fsp3) is 0.267. The molecule has 1 aromatic heterocycles. The van der Waals surface area contributed by atoms with Gasteiger partial charge in [-0.25, -0.2) is 0 Å². The van der Waals surface area contributed by atoms with E-state index in [0.29, 0.717) is 0 Å². The summed E-state index contributed by atoms with van der Waals surface area (Å²) in [6, 6.07) is 6.34. The summed E-state index contributed by atoms with van der Waals surface area (Å²) < 4.78 is 2.15. The lowest BCUT2D eigenvalue weighted by atomic mass is 9.97. The normalized spacial score (nSPS) is 12.5. The van der Waals surface area contributed by atoms with Gasteiger partial charge in [-0.2, -0.15) is 0 Å². The molecular weight excluding hydrogens is 368 g/mol. The van der Waals surface area contributed by atoms with Crippen LogP contribution in [0.25, 0.3) is 0 Å². The summed E-state index contributed by atoms with van der Waals surface area (Å²) in [6.07, 6.45) is 4.43. The molecule has 0 aliphatic carbocycles. The molecule has 1 heterocycles. The number of benzene rings is 1. The number of aryl methyl sites for hydroxylation is 2. The number of halogens is 2. The molecule has 1 unspecified atom stereocenters. The van der Waals surface area contributed by atoms with Crippen molar-refractivity contribution in [2.45, 2.75) is 26.3 Å². The summed E-state index contributed by atoms with van der Waals surface area (Å²) in [5.41, 5.74) is 11.1. The third-order valence-corrected chi connectivity index (χ3v) is 4.79. The minimum absolute atomic E-state index is 0.0124. The van der Waals surface area contributed by atoms with E-state index in [2.05, 4.69) is 68.9 Å². The van der Waals surface area contributed by atoms with Crippen LogP contribution < -0.4 is 5.73 Å². The maximum atomic E-state index is 6.31. The molecule has 100 valence electrons. The van der Waals surface area contributed by atoms with Crippen LogP contribution in [-0.2, 0) is 6.42 Å². The Labute approximate surface area is 130 Å². The number of rotatable bonds is 3. The van der Waals surface area contributed by atoms with E-state index in [9.17, 15) is 0 Å². The van der Waals surface area contributed by atoms with E-state index in [4.69, 9.17) is 5.73 Å². The molecule has 2 rings (SSSR count). The van der Waals surface area contributed by atoms with Gasteiger partial charge in [0.15, 0.2) is 0 Å². The molecule has 1 aromatic carbocycles. The van der Waals surface area contributed by atoms with E-state index in [-0.39, 0.29) is 6.04 Å². The molecule has 19 heavy (non-hydrogen) atoms. The van der Waals surface area contributed by atoms with Crippen LogP contribution in [0.3, 0.4) is 0 Å². The van der Waals surface area contributed by atoms with Gasteiger partial charge in [0.05, 0.1) is 0 Å². The Morgan fingerprint density at radius 2 is 1.74 bits per heavy atom. The van der Waals surface area contributed by atoms with Crippen molar-refractivity contribution in [2.75, 3.05) is 0 Å². The number of pyridine rings is 1. The summed E-state index contributed by atoms with van der Waals surface area (Å²) in [5.74, 6) is 0. The van der Waals surface area contributed by atoms with Gasteiger partial charge in [0.1, 0.15) is 0 Å². The number of hydrogen-bond donors (Lipinski definition) is 1. The van der Waals surface area contributed by atoms with Crippen molar-refractivity contribution in [3.8, 4) is 0 Å². The van der Waals surface area contributed by atoms with E-state index in [1.165, 1.54) is 11.1 Å². The van der Waals surface area contributed by atoms with Gasteiger partial charge in [-0.05, 0) is 64.5 Å². The lowest BCUT2D eigenvalue weighted by molar-refractivity contribution is 0.717. The van der Waals surface area contributed by atoms with Crippen LogP contribution in [0, 0.1) is 13.8 Å². The first-order valence-corrected chi connectivity index (χ1v) is 7.67. The van der Waals surface area contributed by atoms with Crippen molar-refractivity contribution in [3.05, 3.63) is 61.8 Å². The van der Waals surface area contributed by atoms with Crippen LogP contribution in [-0.4, -0.2) is 4.98 Å². The molecule has 0 fully saturated rings.